The van der Waals surface area contributed by atoms with Gasteiger partial charge < -0.3 is 4.74 Å². The number of halogens is 2. The van der Waals surface area contributed by atoms with Crippen molar-refractivity contribution in [2.24, 2.45) is 5.41 Å². The third-order valence-corrected chi connectivity index (χ3v) is 7.60. The van der Waals surface area contributed by atoms with Crippen LogP contribution in [-0.2, 0) is 14.4 Å². The summed E-state index contributed by atoms with van der Waals surface area (Å²) in [6.45, 7) is 3.93. The maximum Gasteiger partial charge on any atom is 0.411 e. The Bertz CT molecular complexity index is 682. The molecule has 0 aromatic heterocycles. The first-order chi connectivity index (χ1) is 14.8. The molecule has 4 aliphatic rings. The Morgan fingerprint density at radius 2 is 1.84 bits per heavy atom. The monoisotopic (exact) mass is 444 g/mol. The zero-order valence-corrected chi connectivity index (χ0v) is 18.4. The van der Waals surface area contributed by atoms with E-state index in [9.17, 15) is 18.4 Å². The van der Waals surface area contributed by atoms with Crippen molar-refractivity contribution >= 4 is 12.0 Å². The molecule has 1 N–H and O–H groups in total. The number of carbonyl (C=O) groups is 2. The van der Waals surface area contributed by atoms with Crippen molar-refractivity contribution in [2.75, 3.05) is 39.9 Å². The van der Waals surface area contributed by atoms with Gasteiger partial charge >= 0.3 is 6.09 Å². The molecular weight excluding hydrogens is 410 g/mol. The van der Waals surface area contributed by atoms with Crippen LogP contribution in [0.1, 0.15) is 51.9 Å². The van der Waals surface area contributed by atoms with Gasteiger partial charge in [-0.2, -0.15) is 0 Å². The number of hydrogen-bond acceptors (Lipinski definition) is 6. The second kappa shape index (κ2) is 8.78. The average Bonchev–Trinajstić information content (AvgIpc) is 3.27. The first kappa shape index (κ1) is 22.7. The Morgan fingerprint density at radius 3 is 2.42 bits per heavy atom. The molecule has 4 fully saturated rings. The van der Waals surface area contributed by atoms with E-state index in [0.717, 1.165) is 25.8 Å². The van der Waals surface area contributed by atoms with E-state index >= 15 is 0 Å². The van der Waals surface area contributed by atoms with Crippen LogP contribution in [0, 0.1) is 5.41 Å². The number of amides is 2. The number of nitrogens with zero attached hydrogens (tertiary/aromatic N) is 3. The quantitative estimate of drug-likeness (QED) is 0.656. The number of likely N-dealkylation sites (tertiary alicyclic amines) is 3. The highest BCUT2D eigenvalue weighted by molar-refractivity contribution is 5.81. The van der Waals surface area contributed by atoms with E-state index in [4.69, 9.17) is 4.74 Å². The largest absolute Gasteiger partial charge is 0.450 e. The summed E-state index contributed by atoms with van der Waals surface area (Å²) >= 11 is 0. The molecule has 1 unspecified atom stereocenters. The molecule has 3 heterocycles. The lowest BCUT2D eigenvalue weighted by Crippen LogP contribution is -2.55. The van der Waals surface area contributed by atoms with Crippen LogP contribution in [-0.4, -0.2) is 90.8 Å². The standard InChI is InChI=1S/C21H34F2N4O4/c1-3-31-19(29)27-13-20(7-4-8-20)12-17(27)25-9-5-15(6-10-25)26-14-21(22,23)11-16(26)18(28)24-30-2/h15-17H,3-14H2,1-2H3,(H,24,28)/t16-,17?/m1/s1. The number of rotatable bonds is 5. The summed E-state index contributed by atoms with van der Waals surface area (Å²) < 4.78 is 33.6. The maximum atomic E-state index is 14.1. The minimum atomic E-state index is -2.88. The minimum absolute atomic E-state index is 0.00732. The molecule has 1 saturated carbocycles. The third-order valence-electron chi connectivity index (χ3n) is 7.60. The first-order valence-electron chi connectivity index (χ1n) is 11.4. The normalized spacial score (nSPS) is 31.0. The molecule has 3 saturated heterocycles. The van der Waals surface area contributed by atoms with Gasteiger partial charge in [0.05, 0.1) is 32.5 Å². The molecule has 8 nitrogen and oxygen atoms in total. The Kier molecular flexibility index (Phi) is 6.42. The predicted molar refractivity (Wildman–Crippen MR) is 108 cm³/mol. The van der Waals surface area contributed by atoms with Gasteiger partial charge in [0.2, 0.25) is 0 Å². The van der Waals surface area contributed by atoms with Crippen LogP contribution >= 0.6 is 0 Å². The second-order valence-electron chi connectivity index (χ2n) is 9.55. The summed E-state index contributed by atoms with van der Waals surface area (Å²) in [5, 5.41) is 0. The van der Waals surface area contributed by atoms with Crippen LogP contribution in [0.5, 0.6) is 0 Å². The van der Waals surface area contributed by atoms with Crippen LogP contribution in [0.25, 0.3) is 0 Å². The van der Waals surface area contributed by atoms with Crippen LogP contribution in [0.15, 0.2) is 0 Å². The molecule has 1 spiro atoms. The van der Waals surface area contributed by atoms with E-state index in [0.29, 0.717) is 32.5 Å². The van der Waals surface area contributed by atoms with Crippen molar-refractivity contribution in [1.82, 2.24) is 20.2 Å². The molecule has 4 rings (SSSR count). The lowest BCUT2D eigenvalue weighted by atomic mass is 9.68. The molecule has 31 heavy (non-hydrogen) atoms. The lowest BCUT2D eigenvalue weighted by molar-refractivity contribution is -0.137. The zero-order chi connectivity index (χ0) is 22.2. The molecule has 0 aromatic rings. The molecule has 176 valence electrons. The lowest BCUT2D eigenvalue weighted by Gasteiger charge is -2.42. The van der Waals surface area contributed by atoms with Crippen LogP contribution in [0.4, 0.5) is 13.6 Å². The summed E-state index contributed by atoms with van der Waals surface area (Å²) in [6, 6.07) is -0.973. The Labute approximate surface area is 182 Å². The number of ether oxygens (including phenoxy) is 1. The van der Waals surface area contributed by atoms with Crippen molar-refractivity contribution in [1.29, 1.82) is 0 Å². The van der Waals surface area contributed by atoms with Crippen LogP contribution in [0.3, 0.4) is 0 Å². The molecule has 2 amide bonds. The maximum absolute atomic E-state index is 14.1. The Morgan fingerprint density at radius 1 is 1.13 bits per heavy atom. The smallest absolute Gasteiger partial charge is 0.411 e. The van der Waals surface area contributed by atoms with E-state index in [1.807, 2.05) is 11.8 Å². The molecular formula is C21H34F2N4O4. The molecule has 0 bridgehead atoms. The topological polar surface area (TPSA) is 74.4 Å². The predicted octanol–water partition coefficient (Wildman–Crippen LogP) is 2.20. The molecule has 1 aliphatic carbocycles. The summed E-state index contributed by atoms with van der Waals surface area (Å²) in [5.74, 6) is -3.39. The van der Waals surface area contributed by atoms with E-state index in [-0.39, 0.29) is 23.7 Å². The summed E-state index contributed by atoms with van der Waals surface area (Å²) in [4.78, 5) is 35.3. The van der Waals surface area contributed by atoms with Crippen LogP contribution in [0.2, 0.25) is 0 Å². The fraction of sp³-hybridized carbons (Fsp3) is 0.905. The summed E-state index contributed by atoms with van der Waals surface area (Å²) in [5.41, 5.74) is 2.43. The fourth-order valence-corrected chi connectivity index (χ4v) is 5.94. The van der Waals surface area contributed by atoms with Crippen LogP contribution < -0.4 is 5.48 Å². The molecule has 0 aromatic carbocycles. The van der Waals surface area contributed by atoms with Gasteiger partial charge in [-0.15, -0.1) is 0 Å². The van der Waals surface area contributed by atoms with Crippen molar-refractivity contribution in [3.8, 4) is 0 Å². The van der Waals surface area contributed by atoms with E-state index < -0.39 is 30.8 Å². The third kappa shape index (κ3) is 4.52. The molecule has 2 atom stereocenters. The second-order valence-corrected chi connectivity index (χ2v) is 9.55. The van der Waals surface area contributed by atoms with Crippen molar-refractivity contribution in [2.45, 2.75) is 76.0 Å². The number of piperidine rings is 1. The van der Waals surface area contributed by atoms with Gasteiger partial charge in [0.1, 0.15) is 0 Å². The molecule has 3 aliphatic heterocycles. The summed E-state index contributed by atoms with van der Waals surface area (Å²) in [6.07, 6.45) is 5.10. The number of hydroxylamine groups is 1. The van der Waals surface area contributed by atoms with Crippen molar-refractivity contribution in [3.05, 3.63) is 0 Å². The summed E-state index contributed by atoms with van der Waals surface area (Å²) in [7, 11) is 1.31. The van der Waals surface area contributed by atoms with Gasteiger partial charge in [0.25, 0.3) is 11.8 Å². The number of alkyl halides is 2. The van der Waals surface area contributed by atoms with E-state index in [2.05, 4.69) is 15.2 Å². The highest BCUT2D eigenvalue weighted by Crippen LogP contribution is 2.51. The van der Waals surface area contributed by atoms with Gasteiger partial charge in [0.15, 0.2) is 0 Å². The molecule has 10 heteroatoms. The molecule has 0 radical (unpaired) electrons. The Hall–Kier alpha value is -1.52. The highest BCUT2D eigenvalue weighted by Gasteiger charge is 2.53. The van der Waals surface area contributed by atoms with Gasteiger partial charge in [-0.3, -0.25) is 24.3 Å². The number of carbonyl (C=O) groups excluding carboxylic acids is 2. The van der Waals surface area contributed by atoms with E-state index in [1.165, 1.54) is 13.5 Å². The van der Waals surface area contributed by atoms with Crippen molar-refractivity contribution in [3.63, 3.8) is 0 Å². The average molecular weight is 445 g/mol. The van der Waals surface area contributed by atoms with Gasteiger partial charge in [-0.05, 0) is 44.4 Å². The minimum Gasteiger partial charge on any atom is -0.450 e. The van der Waals surface area contributed by atoms with Gasteiger partial charge in [-0.1, -0.05) is 6.42 Å². The zero-order valence-electron chi connectivity index (χ0n) is 18.4. The van der Waals surface area contributed by atoms with E-state index in [1.54, 1.807) is 4.90 Å². The number of hydrogen-bond donors (Lipinski definition) is 1. The first-order valence-corrected chi connectivity index (χ1v) is 11.4. The Balaban J connectivity index is 1.40. The fourth-order valence-electron chi connectivity index (χ4n) is 5.94. The SMILES string of the molecule is CCOC(=O)N1CC2(CCC2)CC1N1CCC(N2CC(F)(F)C[C@@H]2C(=O)NOC)CC1. The highest BCUT2D eigenvalue weighted by atomic mass is 19.3. The number of nitrogens with one attached hydrogen (secondary N) is 1. The van der Waals surface area contributed by atoms with Gasteiger partial charge in [0, 0.05) is 32.1 Å². The van der Waals surface area contributed by atoms with Crippen molar-refractivity contribution < 1.29 is 27.9 Å². The van der Waals surface area contributed by atoms with Gasteiger partial charge in [-0.25, -0.2) is 19.1 Å².